The van der Waals surface area contributed by atoms with Crippen LogP contribution < -0.4 is 10.1 Å². The molecular weight excluding hydrogens is 400 g/mol. The maximum atomic E-state index is 12.3. The average Bonchev–Trinajstić information content (AvgIpc) is 3.28. The van der Waals surface area contributed by atoms with Crippen LogP contribution in [0.15, 0.2) is 97.2 Å². The molecule has 0 bridgehead atoms. The molecule has 0 aliphatic rings. The van der Waals surface area contributed by atoms with Gasteiger partial charge in [-0.2, -0.15) is 0 Å². The number of benzene rings is 3. The van der Waals surface area contributed by atoms with Crippen LogP contribution in [0.3, 0.4) is 0 Å². The average molecular weight is 420 g/mol. The van der Waals surface area contributed by atoms with E-state index in [4.69, 9.17) is 4.74 Å². The van der Waals surface area contributed by atoms with Crippen molar-refractivity contribution in [3.63, 3.8) is 0 Å². The van der Waals surface area contributed by atoms with E-state index in [-0.39, 0.29) is 12.5 Å². The van der Waals surface area contributed by atoms with Gasteiger partial charge < -0.3 is 15.0 Å². The molecule has 32 heavy (non-hydrogen) atoms. The summed E-state index contributed by atoms with van der Waals surface area (Å²) in [6, 6.07) is 29.1. The zero-order valence-electron chi connectivity index (χ0n) is 17.2. The number of nitrogens with zero attached hydrogens (tertiary/aromatic N) is 2. The van der Waals surface area contributed by atoms with Gasteiger partial charge in [0.25, 0.3) is 5.91 Å². The molecule has 0 saturated carbocycles. The molecule has 1 amide bonds. The summed E-state index contributed by atoms with van der Waals surface area (Å²) in [6.45, 7) is -0.0678. The minimum Gasteiger partial charge on any atom is -0.484 e. The molecule has 2 N–H and O–H groups in total. The number of H-pyrrole nitrogens is 1. The zero-order chi connectivity index (χ0) is 21.8. The van der Waals surface area contributed by atoms with Crippen LogP contribution in [0.4, 0.5) is 5.69 Å². The van der Waals surface area contributed by atoms with E-state index >= 15 is 0 Å². The highest BCUT2D eigenvalue weighted by atomic mass is 16.5. The largest absolute Gasteiger partial charge is 0.484 e. The topological polar surface area (TPSA) is 79.9 Å². The van der Waals surface area contributed by atoms with Crippen LogP contribution in [0.1, 0.15) is 0 Å². The highest BCUT2D eigenvalue weighted by Gasteiger charge is 2.08. The lowest BCUT2D eigenvalue weighted by Gasteiger charge is -2.09. The van der Waals surface area contributed by atoms with E-state index in [9.17, 15) is 4.79 Å². The Kier molecular flexibility index (Phi) is 5.32. The smallest absolute Gasteiger partial charge is 0.262 e. The Labute approximate surface area is 184 Å². The van der Waals surface area contributed by atoms with Crippen molar-refractivity contribution < 1.29 is 9.53 Å². The van der Waals surface area contributed by atoms with E-state index in [1.165, 1.54) is 0 Å². The minimum atomic E-state index is -0.224. The number of ether oxygens (including phenoxy) is 1. The zero-order valence-corrected chi connectivity index (χ0v) is 17.2. The Hall–Kier alpha value is -4.45. The second kappa shape index (κ2) is 8.73. The van der Waals surface area contributed by atoms with Crippen molar-refractivity contribution in [1.82, 2.24) is 15.0 Å². The number of nitrogens with one attached hydrogen (secondary N) is 2. The number of rotatable bonds is 6. The van der Waals surface area contributed by atoms with Gasteiger partial charge >= 0.3 is 0 Å². The molecule has 0 spiro atoms. The SMILES string of the molecule is O=C(COc1ccc(-c2ccccc2)cc1)Nc1ccc(-c2nc3ncccc3[nH]2)cc1. The molecule has 0 aliphatic heterocycles. The fourth-order valence-corrected chi connectivity index (χ4v) is 3.41. The van der Waals surface area contributed by atoms with Gasteiger partial charge in [-0.05, 0) is 59.7 Å². The van der Waals surface area contributed by atoms with Crippen LogP contribution in [0.2, 0.25) is 0 Å². The van der Waals surface area contributed by atoms with E-state index in [0.29, 0.717) is 17.1 Å². The summed E-state index contributed by atoms with van der Waals surface area (Å²) < 4.78 is 5.62. The van der Waals surface area contributed by atoms with Crippen molar-refractivity contribution in [2.75, 3.05) is 11.9 Å². The molecule has 5 rings (SSSR count). The van der Waals surface area contributed by atoms with Gasteiger partial charge in [0.15, 0.2) is 12.3 Å². The van der Waals surface area contributed by atoms with Crippen LogP contribution in [-0.4, -0.2) is 27.5 Å². The highest BCUT2D eigenvalue weighted by molar-refractivity contribution is 5.92. The van der Waals surface area contributed by atoms with Crippen molar-refractivity contribution in [3.05, 3.63) is 97.2 Å². The molecule has 0 radical (unpaired) electrons. The lowest BCUT2D eigenvalue weighted by atomic mass is 10.1. The van der Waals surface area contributed by atoms with Crippen molar-refractivity contribution in [2.45, 2.75) is 0 Å². The number of aromatic amines is 1. The van der Waals surface area contributed by atoms with Crippen molar-refractivity contribution >= 4 is 22.8 Å². The van der Waals surface area contributed by atoms with Gasteiger partial charge in [0, 0.05) is 17.4 Å². The Balaban J connectivity index is 1.17. The Morgan fingerprint density at radius 2 is 1.53 bits per heavy atom. The third-order valence-corrected chi connectivity index (χ3v) is 5.03. The molecule has 156 valence electrons. The Morgan fingerprint density at radius 3 is 2.28 bits per heavy atom. The number of fused-ring (bicyclic) bond motifs is 1. The highest BCUT2D eigenvalue weighted by Crippen LogP contribution is 2.23. The minimum absolute atomic E-state index is 0.0678. The van der Waals surface area contributed by atoms with Crippen LogP contribution in [0, 0.1) is 0 Å². The van der Waals surface area contributed by atoms with E-state index < -0.39 is 0 Å². The molecule has 0 unspecified atom stereocenters. The van der Waals surface area contributed by atoms with E-state index in [1.54, 1.807) is 6.20 Å². The van der Waals surface area contributed by atoms with Crippen LogP contribution in [0.25, 0.3) is 33.7 Å². The molecule has 6 nitrogen and oxygen atoms in total. The number of carbonyl (C=O) groups is 1. The summed E-state index contributed by atoms with van der Waals surface area (Å²) in [6.07, 6.45) is 1.71. The number of pyridine rings is 1. The van der Waals surface area contributed by atoms with E-state index in [1.807, 2.05) is 78.9 Å². The van der Waals surface area contributed by atoms with Gasteiger partial charge in [-0.15, -0.1) is 0 Å². The van der Waals surface area contributed by atoms with E-state index in [2.05, 4.69) is 32.4 Å². The van der Waals surface area contributed by atoms with Gasteiger partial charge in [-0.1, -0.05) is 42.5 Å². The summed E-state index contributed by atoms with van der Waals surface area (Å²) in [5.41, 5.74) is 5.40. The van der Waals surface area contributed by atoms with Gasteiger partial charge in [0.1, 0.15) is 11.6 Å². The molecule has 6 heteroatoms. The van der Waals surface area contributed by atoms with Crippen molar-refractivity contribution in [2.24, 2.45) is 0 Å². The van der Waals surface area contributed by atoms with Gasteiger partial charge in [0.2, 0.25) is 0 Å². The maximum absolute atomic E-state index is 12.3. The Bertz CT molecular complexity index is 1310. The summed E-state index contributed by atoms with van der Waals surface area (Å²) in [5.74, 6) is 1.16. The fraction of sp³-hybridized carbons (Fsp3) is 0.0385. The summed E-state index contributed by atoms with van der Waals surface area (Å²) in [7, 11) is 0. The Morgan fingerprint density at radius 1 is 0.812 bits per heavy atom. The third-order valence-electron chi connectivity index (χ3n) is 5.03. The molecule has 3 aromatic carbocycles. The number of carbonyl (C=O) groups excluding carboxylic acids is 1. The van der Waals surface area contributed by atoms with Crippen molar-refractivity contribution in [3.8, 4) is 28.3 Å². The first-order valence-corrected chi connectivity index (χ1v) is 10.2. The molecule has 0 fully saturated rings. The van der Waals surface area contributed by atoms with Gasteiger partial charge in [-0.25, -0.2) is 9.97 Å². The molecule has 0 saturated heterocycles. The number of anilines is 1. The monoisotopic (exact) mass is 420 g/mol. The van der Waals surface area contributed by atoms with E-state index in [0.717, 1.165) is 28.0 Å². The predicted octanol–water partition coefficient (Wildman–Crippen LogP) is 5.31. The second-order valence-electron chi connectivity index (χ2n) is 7.26. The molecule has 2 aromatic heterocycles. The molecule has 2 heterocycles. The standard InChI is InChI=1S/C26H20N4O2/c31-24(17-32-22-14-10-19(11-15-22)18-5-2-1-3-6-18)28-21-12-8-20(9-13-21)25-29-23-7-4-16-27-26(23)30-25/h1-16H,17H2,(H,28,31)(H,27,29,30). The maximum Gasteiger partial charge on any atom is 0.262 e. The van der Waals surface area contributed by atoms with Gasteiger partial charge in [0.05, 0.1) is 5.52 Å². The number of aromatic nitrogens is 3. The normalized spacial score (nSPS) is 10.8. The van der Waals surface area contributed by atoms with Crippen LogP contribution in [0.5, 0.6) is 5.75 Å². The first kappa shape index (κ1) is 19.5. The molecule has 5 aromatic rings. The number of hydrogen-bond acceptors (Lipinski definition) is 4. The summed E-state index contributed by atoms with van der Waals surface area (Å²) in [4.78, 5) is 24.3. The lowest BCUT2D eigenvalue weighted by Crippen LogP contribution is -2.20. The molecule has 0 atom stereocenters. The van der Waals surface area contributed by atoms with Gasteiger partial charge in [-0.3, -0.25) is 4.79 Å². The van der Waals surface area contributed by atoms with Crippen LogP contribution >= 0.6 is 0 Å². The summed E-state index contributed by atoms with van der Waals surface area (Å²) >= 11 is 0. The first-order valence-electron chi connectivity index (χ1n) is 10.2. The van der Waals surface area contributed by atoms with Crippen LogP contribution in [-0.2, 0) is 4.79 Å². The molecular formula is C26H20N4O2. The lowest BCUT2D eigenvalue weighted by molar-refractivity contribution is -0.118. The second-order valence-corrected chi connectivity index (χ2v) is 7.26. The third kappa shape index (κ3) is 4.34. The number of imidazole rings is 1. The fourth-order valence-electron chi connectivity index (χ4n) is 3.41. The number of amides is 1. The quantitative estimate of drug-likeness (QED) is 0.390. The molecule has 0 aliphatic carbocycles. The number of hydrogen-bond donors (Lipinski definition) is 2. The van der Waals surface area contributed by atoms with Crippen molar-refractivity contribution in [1.29, 1.82) is 0 Å². The first-order chi connectivity index (χ1) is 15.7. The summed E-state index contributed by atoms with van der Waals surface area (Å²) in [5, 5.41) is 2.85. The predicted molar refractivity (Wildman–Crippen MR) is 125 cm³/mol.